The summed E-state index contributed by atoms with van der Waals surface area (Å²) < 4.78 is 312. The van der Waals surface area contributed by atoms with Gasteiger partial charge in [-0.15, -0.1) is 0 Å². The van der Waals surface area contributed by atoms with E-state index in [1.807, 2.05) is 0 Å². The zero-order chi connectivity index (χ0) is 61.9. The van der Waals surface area contributed by atoms with Crippen molar-refractivity contribution in [1.29, 1.82) is 15.8 Å². The summed E-state index contributed by atoms with van der Waals surface area (Å²) in [6.45, 7) is 0. The van der Waals surface area contributed by atoms with Gasteiger partial charge in [-0.05, 0) is 72.8 Å². The molecule has 0 aliphatic heterocycles. The molecule has 0 saturated carbocycles. The predicted octanol–water partition coefficient (Wildman–Crippen LogP) is 14.3. The van der Waals surface area contributed by atoms with Gasteiger partial charge >= 0.3 is 35.5 Å². The van der Waals surface area contributed by atoms with Gasteiger partial charge < -0.3 is 29.5 Å². The number of halogens is 21. The van der Waals surface area contributed by atoms with E-state index < -0.39 is 174 Å². The van der Waals surface area contributed by atoms with Crippen LogP contribution in [0.5, 0.6) is 34.5 Å². The monoisotopic (exact) mass is 1210 g/mol. The van der Waals surface area contributed by atoms with Gasteiger partial charge in [-0.25, -0.2) is 39.5 Å². The van der Waals surface area contributed by atoms with Crippen molar-refractivity contribution < 1.29 is 122 Å². The Morgan fingerprint density at radius 2 is 0.583 bits per heavy atom. The normalized spacial score (nSPS) is 28.7. The molecule has 438 valence electrons. The molecule has 0 bridgehead atoms. The standard InChI is InChI=1S/3C18H8F7NO2/c3*19-8-3-7(6-26)4-9(5-8)28-11-2-1-10-13-12(11)14(20)15(21)16(13,27)18(24,25)17(10,22)23/h3*1-5,14-15,27H/t14?,15-,16+;14-,15+,16-;14-,15-,16+/m101/s1. The molecule has 9 atom stereocenters. The molecule has 0 heterocycles. The number of aliphatic hydroxyl groups is 3. The summed E-state index contributed by atoms with van der Waals surface area (Å²) in [5, 5.41) is 56.9. The van der Waals surface area contributed by atoms with Gasteiger partial charge in [-0.1, -0.05) is 0 Å². The fourth-order valence-corrected chi connectivity index (χ4v) is 11.0. The molecule has 9 nitrogen and oxygen atoms in total. The Hall–Kier alpha value is -8.40. The van der Waals surface area contributed by atoms with E-state index in [1.54, 1.807) is 18.2 Å². The van der Waals surface area contributed by atoms with Gasteiger partial charge in [0.25, 0.3) is 0 Å². The lowest BCUT2D eigenvalue weighted by Crippen LogP contribution is -2.53. The summed E-state index contributed by atoms with van der Waals surface area (Å²) in [6.07, 6.45) is -18.8. The van der Waals surface area contributed by atoms with Gasteiger partial charge in [0, 0.05) is 68.3 Å². The third-order valence-corrected chi connectivity index (χ3v) is 14.9. The maximum atomic E-state index is 14.5. The van der Waals surface area contributed by atoms with E-state index in [2.05, 4.69) is 0 Å². The van der Waals surface area contributed by atoms with Gasteiger partial charge in [0.1, 0.15) is 51.9 Å². The molecule has 6 aromatic rings. The number of nitrogens with zero attached hydrogens (tertiary/aromatic N) is 3. The first kappa shape index (κ1) is 58.8. The Bertz CT molecular complexity index is 3540. The quantitative estimate of drug-likeness (QED) is 0.138. The average Bonchev–Trinajstić information content (AvgIpc) is 1.53. The van der Waals surface area contributed by atoms with Crippen molar-refractivity contribution in [1.82, 2.24) is 0 Å². The van der Waals surface area contributed by atoms with Crippen molar-refractivity contribution in [2.75, 3.05) is 0 Å². The fraction of sp³-hybridized carbons (Fsp3) is 0.278. The number of alkyl halides is 18. The number of nitriles is 3. The topological polar surface area (TPSA) is 160 Å². The number of hydrogen-bond acceptors (Lipinski definition) is 9. The first-order valence-corrected chi connectivity index (χ1v) is 23.4. The lowest BCUT2D eigenvalue weighted by molar-refractivity contribution is -0.302. The van der Waals surface area contributed by atoms with Crippen molar-refractivity contribution in [3.63, 3.8) is 0 Å². The average molecular weight is 1210 g/mol. The van der Waals surface area contributed by atoms with Crippen molar-refractivity contribution >= 4 is 0 Å². The number of hydrogen-bond donors (Lipinski definition) is 3. The summed E-state index contributed by atoms with van der Waals surface area (Å²) in [5.41, 5.74) is -23.9. The van der Waals surface area contributed by atoms with Crippen LogP contribution in [0, 0.1) is 51.4 Å². The number of benzene rings is 6. The van der Waals surface area contributed by atoms with Crippen molar-refractivity contribution in [2.24, 2.45) is 0 Å². The van der Waals surface area contributed by atoms with Gasteiger partial charge in [0.05, 0.1) is 34.9 Å². The van der Waals surface area contributed by atoms with Crippen LogP contribution in [0.4, 0.5) is 92.2 Å². The van der Waals surface area contributed by atoms with E-state index in [0.29, 0.717) is 36.4 Å². The van der Waals surface area contributed by atoms with Crippen molar-refractivity contribution in [2.45, 2.75) is 89.4 Å². The fourth-order valence-electron chi connectivity index (χ4n) is 11.0. The second-order valence-corrected chi connectivity index (χ2v) is 19.5. The molecule has 6 aromatic carbocycles. The Labute approximate surface area is 454 Å². The third-order valence-electron chi connectivity index (χ3n) is 14.9. The smallest absolute Gasteiger partial charge is 0.349 e. The van der Waals surface area contributed by atoms with Gasteiger partial charge in [0.2, 0.25) is 0 Å². The molecule has 3 N–H and O–H groups in total. The molecule has 6 aliphatic rings. The Morgan fingerprint density at radius 1 is 0.357 bits per heavy atom. The highest BCUT2D eigenvalue weighted by atomic mass is 19.3. The molecular weight excluding hydrogens is 1190 g/mol. The van der Waals surface area contributed by atoms with Crippen LogP contribution in [0.15, 0.2) is 91.0 Å². The summed E-state index contributed by atoms with van der Waals surface area (Å²) in [4.78, 5) is 0. The van der Waals surface area contributed by atoms with Crippen LogP contribution in [0.3, 0.4) is 0 Å². The first-order valence-electron chi connectivity index (χ1n) is 23.4. The molecule has 30 heteroatoms. The van der Waals surface area contributed by atoms with Crippen LogP contribution >= 0.6 is 0 Å². The van der Waals surface area contributed by atoms with E-state index in [9.17, 15) is 108 Å². The van der Waals surface area contributed by atoms with Gasteiger partial charge in [0.15, 0.2) is 53.8 Å². The van der Waals surface area contributed by atoms with Crippen molar-refractivity contribution in [3.8, 4) is 52.7 Å². The Kier molecular flexibility index (Phi) is 13.0. The second kappa shape index (κ2) is 18.5. The third kappa shape index (κ3) is 7.42. The minimum Gasteiger partial charge on any atom is -0.457 e. The SMILES string of the molecule is N#Cc1cc(F)cc(Oc2ccc3c4c2C(F)[C@@H](F)[C@]4(O)C(F)(F)C3(F)F)c1.N#Cc1cc(F)cc(Oc2ccc3c4c2[C@@H](F)[C@@H](F)[C@]4(O)C(F)(F)C3(F)F)c1.N#Cc1cc(F)cc(Oc2ccc3c4c2[C@H](F)[C@@H](F)[C@]4(O)C(F)(F)C3(F)F)c1. The maximum absolute atomic E-state index is 14.5. The second-order valence-electron chi connectivity index (χ2n) is 19.5. The molecule has 0 radical (unpaired) electrons. The predicted molar refractivity (Wildman–Crippen MR) is 237 cm³/mol. The highest BCUT2D eigenvalue weighted by Crippen LogP contribution is 2.72. The Morgan fingerprint density at radius 3 is 0.798 bits per heavy atom. The summed E-state index contributed by atoms with van der Waals surface area (Å²) in [7, 11) is 0. The van der Waals surface area contributed by atoms with Crippen LogP contribution in [0.1, 0.15) is 85.3 Å². The van der Waals surface area contributed by atoms with Gasteiger partial charge in [-0.2, -0.15) is 68.5 Å². The molecule has 0 saturated heterocycles. The highest BCUT2D eigenvalue weighted by molar-refractivity contribution is 5.65. The largest absolute Gasteiger partial charge is 0.457 e. The van der Waals surface area contributed by atoms with Crippen LogP contribution in [0.25, 0.3) is 0 Å². The van der Waals surface area contributed by atoms with Crippen LogP contribution in [-0.2, 0) is 34.6 Å². The number of rotatable bonds is 6. The maximum Gasteiger partial charge on any atom is 0.349 e. The lowest BCUT2D eigenvalue weighted by atomic mass is 9.93. The Balaban J connectivity index is 0.000000140. The molecule has 0 aromatic heterocycles. The van der Waals surface area contributed by atoms with Crippen LogP contribution < -0.4 is 14.2 Å². The van der Waals surface area contributed by atoms with E-state index in [0.717, 1.165) is 54.6 Å². The minimum atomic E-state index is -5.30. The first-order chi connectivity index (χ1) is 38.9. The van der Waals surface area contributed by atoms with Crippen molar-refractivity contribution in [3.05, 3.63) is 175 Å². The molecule has 0 spiro atoms. The molecule has 1 unspecified atom stereocenters. The molecule has 84 heavy (non-hydrogen) atoms. The van der Waals surface area contributed by atoms with Crippen LogP contribution in [-0.4, -0.2) is 51.6 Å². The number of ether oxygens (including phenoxy) is 3. The molecule has 12 rings (SSSR count). The van der Waals surface area contributed by atoms with Crippen LogP contribution in [0.2, 0.25) is 0 Å². The van der Waals surface area contributed by atoms with E-state index >= 15 is 0 Å². The summed E-state index contributed by atoms with van der Waals surface area (Å²) in [5.74, 6) is -36.6. The van der Waals surface area contributed by atoms with E-state index in [-0.39, 0.29) is 33.9 Å². The zero-order valence-electron chi connectivity index (χ0n) is 40.5. The van der Waals surface area contributed by atoms with Gasteiger partial charge in [-0.3, -0.25) is 0 Å². The van der Waals surface area contributed by atoms with E-state index in [4.69, 9.17) is 30.0 Å². The lowest BCUT2D eigenvalue weighted by Gasteiger charge is -2.32. The molecular formula is C54H24F21N3O6. The summed E-state index contributed by atoms with van der Waals surface area (Å²) in [6, 6.07) is 16.3. The van der Waals surface area contributed by atoms with E-state index in [1.165, 1.54) is 0 Å². The highest BCUT2D eigenvalue weighted by Gasteiger charge is 2.85. The summed E-state index contributed by atoms with van der Waals surface area (Å²) >= 11 is 0. The molecule has 0 amide bonds. The molecule has 6 aliphatic carbocycles. The molecule has 0 fully saturated rings. The zero-order valence-corrected chi connectivity index (χ0v) is 40.5. The minimum absolute atomic E-state index is 0.192.